The van der Waals surface area contributed by atoms with Crippen LogP contribution in [0.15, 0.2) is 24.5 Å². The minimum Gasteiger partial charge on any atom is -0.383 e. The van der Waals surface area contributed by atoms with Gasteiger partial charge in [-0.05, 0) is 24.5 Å². The van der Waals surface area contributed by atoms with Crippen molar-refractivity contribution < 1.29 is 14.3 Å². The van der Waals surface area contributed by atoms with Gasteiger partial charge in [0.05, 0.1) is 12.5 Å². The number of likely N-dealkylation sites (tertiary alicyclic amines) is 2. The summed E-state index contributed by atoms with van der Waals surface area (Å²) in [6, 6.07) is 3.44. The molecule has 22 heavy (non-hydrogen) atoms. The molecule has 2 amide bonds. The molecule has 2 aliphatic heterocycles. The Hall–Kier alpha value is -1.95. The number of ether oxygens (including phenoxy) is 1. The maximum atomic E-state index is 12.5. The Bertz CT molecular complexity index is 549. The van der Waals surface area contributed by atoms with Crippen molar-refractivity contribution in [3.8, 4) is 0 Å². The van der Waals surface area contributed by atoms with Gasteiger partial charge in [0.1, 0.15) is 0 Å². The van der Waals surface area contributed by atoms with E-state index >= 15 is 0 Å². The lowest BCUT2D eigenvalue weighted by atomic mass is 9.88. The second-order valence-electron chi connectivity index (χ2n) is 5.92. The number of carbonyl (C=O) groups is 2. The fraction of sp³-hybridized carbons (Fsp3) is 0.562. The van der Waals surface area contributed by atoms with Crippen LogP contribution in [-0.2, 0) is 9.53 Å². The summed E-state index contributed by atoms with van der Waals surface area (Å²) in [7, 11) is 1.64. The molecule has 0 spiro atoms. The van der Waals surface area contributed by atoms with Gasteiger partial charge in [-0.15, -0.1) is 0 Å². The molecule has 0 aromatic carbocycles. The van der Waals surface area contributed by atoms with Gasteiger partial charge in [0, 0.05) is 51.2 Å². The normalized spacial score (nSPS) is 24.5. The SMILES string of the molecule is COCCN1CCC2CN(C(=O)c3ccncc3)CC2C1=O. The van der Waals surface area contributed by atoms with Gasteiger partial charge in [0.25, 0.3) is 5.91 Å². The molecule has 2 atom stereocenters. The highest BCUT2D eigenvalue weighted by Gasteiger charge is 2.44. The molecule has 0 saturated carbocycles. The Labute approximate surface area is 130 Å². The number of rotatable bonds is 4. The van der Waals surface area contributed by atoms with E-state index in [9.17, 15) is 9.59 Å². The third-order valence-corrected chi connectivity index (χ3v) is 4.62. The van der Waals surface area contributed by atoms with E-state index in [1.807, 2.05) is 9.80 Å². The zero-order chi connectivity index (χ0) is 15.5. The number of hydrogen-bond acceptors (Lipinski definition) is 4. The average Bonchev–Trinajstić information content (AvgIpc) is 2.99. The van der Waals surface area contributed by atoms with Crippen molar-refractivity contribution in [1.29, 1.82) is 0 Å². The molecular formula is C16H21N3O3. The Kier molecular flexibility index (Phi) is 4.38. The van der Waals surface area contributed by atoms with E-state index in [1.54, 1.807) is 31.6 Å². The minimum atomic E-state index is -0.0589. The molecule has 1 aromatic heterocycles. The molecule has 0 bridgehead atoms. The highest BCUT2D eigenvalue weighted by molar-refractivity contribution is 5.95. The Morgan fingerprint density at radius 1 is 1.36 bits per heavy atom. The van der Waals surface area contributed by atoms with Crippen LogP contribution in [0, 0.1) is 11.8 Å². The fourth-order valence-corrected chi connectivity index (χ4v) is 3.38. The van der Waals surface area contributed by atoms with Crippen molar-refractivity contribution in [1.82, 2.24) is 14.8 Å². The fourth-order valence-electron chi connectivity index (χ4n) is 3.38. The van der Waals surface area contributed by atoms with Gasteiger partial charge in [-0.3, -0.25) is 14.6 Å². The third-order valence-electron chi connectivity index (χ3n) is 4.62. The largest absolute Gasteiger partial charge is 0.383 e. The van der Waals surface area contributed by atoms with Crippen molar-refractivity contribution in [2.75, 3.05) is 39.9 Å². The van der Waals surface area contributed by atoms with Crippen LogP contribution < -0.4 is 0 Å². The van der Waals surface area contributed by atoms with E-state index in [2.05, 4.69) is 4.98 Å². The van der Waals surface area contributed by atoms with Gasteiger partial charge in [-0.25, -0.2) is 0 Å². The van der Waals surface area contributed by atoms with Crippen LogP contribution >= 0.6 is 0 Å². The number of amides is 2. The summed E-state index contributed by atoms with van der Waals surface area (Å²) in [6.45, 7) is 3.16. The predicted molar refractivity (Wildman–Crippen MR) is 80.2 cm³/mol. The number of fused-ring (bicyclic) bond motifs is 1. The molecule has 2 saturated heterocycles. The van der Waals surface area contributed by atoms with Crippen molar-refractivity contribution >= 4 is 11.8 Å². The van der Waals surface area contributed by atoms with E-state index < -0.39 is 0 Å². The second-order valence-corrected chi connectivity index (χ2v) is 5.92. The van der Waals surface area contributed by atoms with Gasteiger partial charge in [0.15, 0.2) is 0 Å². The van der Waals surface area contributed by atoms with Crippen molar-refractivity contribution in [2.24, 2.45) is 11.8 Å². The van der Waals surface area contributed by atoms with Crippen molar-refractivity contribution in [2.45, 2.75) is 6.42 Å². The van der Waals surface area contributed by atoms with Crippen LogP contribution in [0.3, 0.4) is 0 Å². The first-order valence-corrected chi connectivity index (χ1v) is 7.67. The topological polar surface area (TPSA) is 62.7 Å². The third kappa shape index (κ3) is 2.83. The lowest BCUT2D eigenvalue weighted by molar-refractivity contribution is -0.140. The number of hydrogen-bond donors (Lipinski definition) is 0. The Morgan fingerprint density at radius 3 is 2.86 bits per heavy atom. The average molecular weight is 303 g/mol. The number of methoxy groups -OCH3 is 1. The van der Waals surface area contributed by atoms with E-state index in [4.69, 9.17) is 4.74 Å². The van der Waals surface area contributed by atoms with Crippen LogP contribution in [-0.4, -0.2) is 66.5 Å². The van der Waals surface area contributed by atoms with E-state index in [0.717, 1.165) is 13.0 Å². The summed E-state index contributed by atoms with van der Waals surface area (Å²) in [5.41, 5.74) is 0.636. The highest BCUT2D eigenvalue weighted by Crippen LogP contribution is 2.32. The van der Waals surface area contributed by atoms with Gasteiger partial charge < -0.3 is 14.5 Å². The molecule has 1 aromatic rings. The van der Waals surface area contributed by atoms with Crippen LogP contribution in [0.4, 0.5) is 0 Å². The zero-order valence-electron chi connectivity index (χ0n) is 12.8. The summed E-state index contributed by atoms with van der Waals surface area (Å²) < 4.78 is 5.06. The van der Waals surface area contributed by atoms with Gasteiger partial charge in [-0.1, -0.05) is 0 Å². The lowest BCUT2D eigenvalue weighted by Gasteiger charge is -2.33. The monoisotopic (exact) mass is 303 g/mol. The molecule has 6 nitrogen and oxygen atoms in total. The zero-order valence-corrected chi connectivity index (χ0v) is 12.8. The molecule has 3 rings (SSSR count). The summed E-state index contributed by atoms with van der Waals surface area (Å²) in [5, 5.41) is 0. The first kappa shape index (κ1) is 15.0. The van der Waals surface area contributed by atoms with Gasteiger partial charge >= 0.3 is 0 Å². The highest BCUT2D eigenvalue weighted by atomic mass is 16.5. The quantitative estimate of drug-likeness (QED) is 0.819. The first-order valence-electron chi connectivity index (χ1n) is 7.67. The predicted octanol–water partition coefficient (Wildman–Crippen LogP) is 0.648. The number of piperidine rings is 1. The van der Waals surface area contributed by atoms with Gasteiger partial charge in [-0.2, -0.15) is 0 Å². The molecule has 2 fully saturated rings. The molecule has 0 aliphatic carbocycles. The molecule has 3 heterocycles. The summed E-state index contributed by atoms with van der Waals surface area (Å²) in [5.74, 6) is 0.389. The van der Waals surface area contributed by atoms with E-state index in [0.29, 0.717) is 31.8 Å². The Balaban J connectivity index is 1.66. The van der Waals surface area contributed by atoms with Crippen LogP contribution in [0.25, 0.3) is 0 Å². The molecular weight excluding hydrogens is 282 g/mol. The standard InChI is InChI=1S/C16H21N3O3/c1-22-9-8-18-7-4-13-10-19(11-14(13)16(18)21)15(20)12-2-5-17-6-3-12/h2-3,5-6,13-14H,4,7-11H2,1H3. The minimum absolute atomic E-state index is 0.00644. The van der Waals surface area contributed by atoms with Crippen molar-refractivity contribution in [3.63, 3.8) is 0 Å². The number of aromatic nitrogens is 1. The molecule has 0 N–H and O–H groups in total. The maximum Gasteiger partial charge on any atom is 0.253 e. The molecule has 2 unspecified atom stereocenters. The van der Waals surface area contributed by atoms with Crippen LogP contribution in [0.1, 0.15) is 16.8 Å². The number of carbonyl (C=O) groups excluding carboxylic acids is 2. The van der Waals surface area contributed by atoms with Crippen LogP contribution in [0.2, 0.25) is 0 Å². The molecule has 6 heteroatoms. The van der Waals surface area contributed by atoms with Crippen LogP contribution in [0.5, 0.6) is 0 Å². The molecule has 2 aliphatic rings. The van der Waals surface area contributed by atoms with E-state index in [-0.39, 0.29) is 23.7 Å². The van der Waals surface area contributed by atoms with Gasteiger partial charge in [0.2, 0.25) is 5.91 Å². The smallest absolute Gasteiger partial charge is 0.253 e. The summed E-state index contributed by atoms with van der Waals surface area (Å²) in [6.07, 6.45) is 4.20. The van der Waals surface area contributed by atoms with Crippen molar-refractivity contribution in [3.05, 3.63) is 30.1 Å². The summed E-state index contributed by atoms with van der Waals surface area (Å²) in [4.78, 5) is 32.7. The van der Waals surface area contributed by atoms with E-state index in [1.165, 1.54) is 0 Å². The summed E-state index contributed by atoms with van der Waals surface area (Å²) >= 11 is 0. The second kappa shape index (κ2) is 6.44. The molecule has 118 valence electrons. The number of pyridine rings is 1. The maximum absolute atomic E-state index is 12.5. The Morgan fingerprint density at radius 2 is 2.14 bits per heavy atom. The molecule has 0 radical (unpaired) electrons. The number of nitrogens with zero attached hydrogens (tertiary/aromatic N) is 3. The lowest BCUT2D eigenvalue weighted by Crippen LogP contribution is -2.46. The first-order chi connectivity index (χ1) is 10.7.